The quantitative estimate of drug-likeness (QED) is 0.438. The van der Waals surface area contributed by atoms with Gasteiger partial charge in [0.2, 0.25) is 11.8 Å². The Kier molecular flexibility index (Phi) is 12.6. The number of Topliss-reactive ketones (excluding diaryl/α,β-unsaturated/α-hetero) is 2. The second kappa shape index (κ2) is 15.4. The van der Waals surface area contributed by atoms with Crippen LogP contribution in [-0.4, -0.2) is 42.6 Å². The van der Waals surface area contributed by atoms with Gasteiger partial charge in [-0.3, -0.25) is 19.2 Å². The molecule has 3 atom stereocenters. The molecule has 0 saturated carbocycles. The second-order valence-corrected chi connectivity index (χ2v) is 10.2. The van der Waals surface area contributed by atoms with Crippen LogP contribution in [0.15, 0.2) is 24.3 Å². The lowest BCUT2D eigenvalue weighted by Crippen LogP contribution is -2.48. The molecule has 2 bridgehead atoms. The van der Waals surface area contributed by atoms with E-state index in [4.69, 9.17) is 4.74 Å². The molecule has 0 saturated heterocycles. The van der Waals surface area contributed by atoms with Crippen LogP contribution < -0.4 is 15.4 Å². The van der Waals surface area contributed by atoms with Gasteiger partial charge in [-0.1, -0.05) is 46.2 Å². The highest BCUT2D eigenvalue weighted by Gasteiger charge is 2.35. The van der Waals surface area contributed by atoms with E-state index in [1.54, 1.807) is 0 Å². The molecule has 2 amide bonds. The van der Waals surface area contributed by atoms with E-state index in [0.717, 1.165) is 24.2 Å². The Hall–Kier alpha value is -2.70. The molecule has 2 N–H and O–H groups in total. The van der Waals surface area contributed by atoms with Gasteiger partial charge in [-0.15, -0.1) is 0 Å². The summed E-state index contributed by atoms with van der Waals surface area (Å²) in [6.07, 6.45) is 4.50. The summed E-state index contributed by atoms with van der Waals surface area (Å²) in [5.41, 5.74) is 0.895. The first kappa shape index (κ1) is 29.5. The SMILES string of the molecule is CCCCNC(=O)CCC(=O)C1Cc2ccc(cc2)OCCCC(C(=O)CC)C(CC(C)C)C(=O)N1. The molecule has 1 aromatic rings. The fraction of sp³-hybridized carbons (Fsp3) is 0.655. The Morgan fingerprint density at radius 2 is 1.81 bits per heavy atom. The van der Waals surface area contributed by atoms with Crippen molar-refractivity contribution in [1.29, 1.82) is 0 Å². The van der Waals surface area contributed by atoms with E-state index in [2.05, 4.69) is 17.6 Å². The number of benzene rings is 1. The molecular weight excluding hydrogens is 456 g/mol. The Balaban J connectivity index is 2.27. The van der Waals surface area contributed by atoms with Crippen molar-refractivity contribution in [2.75, 3.05) is 13.2 Å². The third kappa shape index (κ3) is 9.75. The number of hydrogen-bond donors (Lipinski definition) is 2. The average molecular weight is 501 g/mol. The summed E-state index contributed by atoms with van der Waals surface area (Å²) in [6.45, 7) is 9.03. The zero-order valence-electron chi connectivity index (χ0n) is 22.4. The minimum atomic E-state index is -0.761. The lowest BCUT2D eigenvalue weighted by molar-refractivity contribution is -0.136. The van der Waals surface area contributed by atoms with Crippen LogP contribution >= 0.6 is 0 Å². The summed E-state index contributed by atoms with van der Waals surface area (Å²) < 4.78 is 5.86. The molecule has 0 aromatic heterocycles. The summed E-state index contributed by atoms with van der Waals surface area (Å²) in [4.78, 5) is 51.9. The molecule has 0 radical (unpaired) electrons. The van der Waals surface area contributed by atoms with Crippen molar-refractivity contribution >= 4 is 23.4 Å². The van der Waals surface area contributed by atoms with Gasteiger partial charge in [0.05, 0.1) is 12.6 Å². The summed E-state index contributed by atoms with van der Waals surface area (Å²) >= 11 is 0. The van der Waals surface area contributed by atoms with Crippen LogP contribution in [0.4, 0.5) is 0 Å². The predicted molar refractivity (Wildman–Crippen MR) is 141 cm³/mol. The van der Waals surface area contributed by atoms with Crippen molar-refractivity contribution in [1.82, 2.24) is 10.6 Å². The molecule has 2 aliphatic heterocycles. The number of hydrogen-bond acceptors (Lipinski definition) is 5. The molecule has 0 aliphatic carbocycles. The van der Waals surface area contributed by atoms with Crippen LogP contribution in [0.2, 0.25) is 0 Å². The van der Waals surface area contributed by atoms with Crippen LogP contribution in [0.1, 0.15) is 84.6 Å². The lowest BCUT2D eigenvalue weighted by atomic mass is 9.78. The largest absolute Gasteiger partial charge is 0.494 e. The van der Waals surface area contributed by atoms with E-state index in [1.807, 2.05) is 45.0 Å². The Bertz CT molecular complexity index is 865. The third-order valence-electron chi connectivity index (χ3n) is 6.76. The standard InChI is InChI=1S/C29H44N2O5/c1-5-7-16-30-28(34)15-14-27(33)25-19-21-10-12-22(13-11-21)36-17-8-9-23(26(32)6-2)24(18-20(3)4)29(35)31-25/h10-13,20,23-25H,5-9,14-19H2,1-4H3,(H,30,34)(H,31,35). The topological polar surface area (TPSA) is 102 Å². The van der Waals surface area contributed by atoms with Gasteiger partial charge in [0.1, 0.15) is 11.5 Å². The van der Waals surface area contributed by atoms with Gasteiger partial charge < -0.3 is 15.4 Å². The fourth-order valence-corrected chi connectivity index (χ4v) is 4.69. The van der Waals surface area contributed by atoms with Gasteiger partial charge in [0, 0.05) is 37.6 Å². The molecule has 2 heterocycles. The Morgan fingerprint density at radius 3 is 2.44 bits per heavy atom. The van der Waals surface area contributed by atoms with Crippen molar-refractivity contribution in [3.63, 3.8) is 0 Å². The zero-order valence-corrected chi connectivity index (χ0v) is 22.4. The van der Waals surface area contributed by atoms with Gasteiger partial charge in [0.25, 0.3) is 0 Å². The fourth-order valence-electron chi connectivity index (χ4n) is 4.69. The monoisotopic (exact) mass is 500 g/mol. The molecule has 2 aliphatic rings. The molecule has 7 heteroatoms. The van der Waals surface area contributed by atoms with Crippen molar-refractivity contribution in [3.05, 3.63) is 29.8 Å². The first-order valence-corrected chi connectivity index (χ1v) is 13.6. The summed E-state index contributed by atoms with van der Waals surface area (Å²) in [5.74, 6) is -0.480. The van der Waals surface area contributed by atoms with Crippen LogP contribution in [0.3, 0.4) is 0 Å². The van der Waals surface area contributed by atoms with Gasteiger partial charge >= 0.3 is 0 Å². The van der Waals surface area contributed by atoms with Crippen LogP contribution in [0.5, 0.6) is 5.75 Å². The Labute approximate surface area is 216 Å². The molecule has 200 valence electrons. The third-order valence-corrected chi connectivity index (χ3v) is 6.76. The predicted octanol–water partition coefficient (Wildman–Crippen LogP) is 4.41. The maximum absolute atomic E-state index is 13.6. The number of fused-ring (bicyclic) bond motifs is 11. The lowest BCUT2D eigenvalue weighted by Gasteiger charge is -2.29. The Morgan fingerprint density at radius 1 is 1.08 bits per heavy atom. The van der Waals surface area contributed by atoms with Crippen LogP contribution in [-0.2, 0) is 25.6 Å². The van der Waals surface area contributed by atoms with Gasteiger partial charge in [0.15, 0.2) is 5.78 Å². The van der Waals surface area contributed by atoms with Gasteiger partial charge in [-0.2, -0.15) is 0 Å². The van der Waals surface area contributed by atoms with E-state index in [-0.39, 0.29) is 42.1 Å². The molecule has 36 heavy (non-hydrogen) atoms. The number of carbonyl (C=O) groups is 4. The highest BCUT2D eigenvalue weighted by molar-refractivity contribution is 5.94. The first-order valence-electron chi connectivity index (χ1n) is 13.6. The highest BCUT2D eigenvalue weighted by atomic mass is 16.5. The van der Waals surface area contributed by atoms with E-state index in [1.165, 1.54) is 0 Å². The average Bonchev–Trinajstić information content (AvgIpc) is 2.85. The minimum Gasteiger partial charge on any atom is -0.494 e. The number of unbranched alkanes of at least 4 members (excludes halogenated alkanes) is 1. The molecular formula is C29H44N2O5. The summed E-state index contributed by atoms with van der Waals surface area (Å²) in [6, 6.07) is 6.77. The van der Waals surface area contributed by atoms with Crippen molar-refractivity contribution in [3.8, 4) is 5.75 Å². The van der Waals surface area contributed by atoms with Crippen molar-refractivity contribution < 1.29 is 23.9 Å². The number of nitrogens with one attached hydrogen (secondary N) is 2. The smallest absolute Gasteiger partial charge is 0.224 e. The molecule has 3 rings (SSSR count). The molecule has 3 unspecified atom stereocenters. The second-order valence-electron chi connectivity index (χ2n) is 10.2. The normalized spacial score (nSPS) is 20.8. The van der Waals surface area contributed by atoms with Crippen molar-refractivity contribution in [2.24, 2.45) is 17.8 Å². The number of carbonyl (C=O) groups excluding carboxylic acids is 4. The number of ether oxygens (including phenoxy) is 1. The molecule has 0 fully saturated rings. The number of ketones is 2. The summed E-state index contributed by atoms with van der Waals surface area (Å²) in [5, 5.41) is 5.83. The van der Waals surface area contributed by atoms with E-state index >= 15 is 0 Å². The number of rotatable bonds is 11. The van der Waals surface area contributed by atoms with Crippen LogP contribution in [0, 0.1) is 17.8 Å². The summed E-state index contributed by atoms with van der Waals surface area (Å²) in [7, 11) is 0. The van der Waals surface area contributed by atoms with Crippen LogP contribution in [0.25, 0.3) is 0 Å². The van der Waals surface area contributed by atoms with Gasteiger partial charge in [-0.25, -0.2) is 0 Å². The zero-order chi connectivity index (χ0) is 26.5. The van der Waals surface area contributed by atoms with E-state index < -0.39 is 17.9 Å². The van der Waals surface area contributed by atoms with Gasteiger partial charge in [-0.05, 0) is 55.7 Å². The van der Waals surface area contributed by atoms with E-state index in [0.29, 0.717) is 45.3 Å². The molecule has 7 nitrogen and oxygen atoms in total. The minimum absolute atomic E-state index is 0.0519. The molecule has 1 aromatic carbocycles. The maximum atomic E-state index is 13.6. The molecule has 0 spiro atoms. The maximum Gasteiger partial charge on any atom is 0.224 e. The van der Waals surface area contributed by atoms with Crippen molar-refractivity contribution in [2.45, 2.75) is 91.5 Å². The number of amides is 2. The highest BCUT2D eigenvalue weighted by Crippen LogP contribution is 2.28. The first-order chi connectivity index (χ1) is 17.2. The van der Waals surface area contributed by atoms with E-state index in [9.17, 15) is 19.2 Å².